The number of aromatic amines is 1. The Bertz CT molecular complexity index is 1160. The predicted octanol–water partition coefficient (Wildman–Crippen LogP) is 3.69. The molecule has 0 aliphatic rings. The Morgan fingerprint density at radius 3 is 2.03 bits per heavy atom. The molecule has 2 amide bonds. The van der Waals surface area contributed by atoms with Gasteiger partial charge in [0.2, 0.25) is 11.8 Å². The summed E-state index contributed by atoms with van der Waals surface area (Å²) in [6, 6.07) is 26.1. The average molecular weight is 412 g/mol. The van der Waals surface area contributed by atoms with E-state index in [0.29, 0.717) is 6.42 Å². The fourth-order valence-corrected chi connectivity index (χ4v) is 4.02. The second-order valence-corrected chi connectivity index (χ2v) is 7.85. The van der Waals surface area contributed by atoms with Crippen LogP contribution in [0.5, 0.6) is 0 Å². The third-order valence-electron chi connectivity index (χ3n) is 5.90. The van der Waals surface area contributed by atoms with Crippen molar-refractivity contribution in [3.8, 4) is 0 Å². The minimum absolute atomic E-state index is 0.270. The molecule has 0 radical (unpaired) electrons. The largest absolute Gasteiger partial charge is 0.368 e. The molecule has 1 aromatic heterocycles. The van der Waals surface area contributed by atoms with Crippen LogP contribution in [0.25, 0.3) is 10.9 Å². The molecule has 5 heteroatoms. The van der Waals surface area contributed by atoms with E-state index < -0.39 is 17.4 Å². The zero-order valence-corrected chi connectivity index (χ0v) is 17.3. The molecular weight excluding hydrogens is 386 g/mol. The number of carbonyl (C=O) groups is 2. The van der Waals surface area contributed by atoms with Gasteiger partial charge in [-0.1, -0.05) is 78.9 Å². The van der Waals surface area contributed by atoms with Gasteiger partial charge in [0.05, 0.1) is 5.41 Å². The molecule has 0 spiro atoms. The van der Waals surface area contributed by atoms with Crippen molar-refractivity contribution >= 4 is 22.7 Å². The summed E-state index contributed by atoms with van der Waals surface area (Å²) in [7, 11) is 0. The maximum absolute atomic E-state index is 13.6. The fraction of sp³-hybridized carbons (Fsp3) is 0.154. The molecule has 1 heterocycles. The van der Waals surface area contributed by atoms with Crippen LogP contribution >= 0.6 is 0 Å². The van der Waals surface area contributed by atoms with E-state index in [1.807, 2.05) is 98.0 Å². The molecule has 0 fully saturated rings. The number of carbonyl (C=O) groups excluding carboxylic acids is 2. The van der Waals surface area contributed by atoms with Crippen LogP contribution in [0.15, 0.2) is 91.1 Å². The van der Waals surface area contributed by atoms with Crippen molar-refractivity contribution < 1.29 is 9.59 Å². The van der Waals surface area contributed by atoms with Crippen LogP contribution in [-0.2, 0) is 21.4 Å². The summed E-state index contributed by atoms with van der Waals surface area (Å²) in [6.45, 7) is 1.87. The van der Waals surface area contributed by atoms with E-state index in [4.69, 9.17) is 5.73 Å². The number of rotatable bonds is 7. The Morgan fingerprint density at radius 1 is 0.903 bits per heavy atom. The first-order valence-electron chi connectivity index (χ1n) is 10.3. The maximum atomic E-state index is 13.6. The number of nitrogens with two attached hydrogens (primary N) is 1. The van der Waals surface area contributed by atoms with Gasteiger partial charge in [-0.3, -0.25) is 9.59 Å². The van der Waals surface area contributed by atoms with Crippen LogP contribution in [0.1, 0.15) is 23.6 Å². The van der Waals surface area contributed by atoms with E-state index in [1.165, 1.54) is 0 Å². The van der Waals surface area contributed by atoms with Crippen LogP contribution in [0, 0.1) is 0 Å². The Balaban J connectivity index is 1.67. The second kappa shape index (κ2) is 8.48. The van der Waals surface area contributed by atoms with E-state index >= 15 is 0 Å². The van der Waals surface area contributed by atoms with Gasteiger partial charge in [-0.05, 0) is 29.7 Å². The molecule has 3 aromatic carbocycles. The van der Waals surface area contributed by atoms with E-state index in [0.717, 1.165) is 27.6 Å². The molecule has 5 nitrogen and oxygen atoms in total. The molecule has 31 heavy (non-hydrogen) atoms. The lowest BCUT2D eigenvalue weighted by Crippen LogP contribution is -2.52. The van der Waals surface area contributed by atoms with Crippen molar-refractivity contribution in [2.24, 2.45) is 5.73 Å². The Kier molecular flexibility index (Phi) is 5.58. The summed E-state index contributed by atoms with van der Waals surface area (Å²) in [6.07, 6.45) is 2.17. The van der Waals surface area contributed by atoms with Gasteiger partial charge in [0.1, 0.15) is 6.04 Å². The third-order valence-corrected chi connectivity index (χ3v) is 5.90. The number of hydrogen-bond donors (Lipinski definition) is 3. The van der Waals surface area contributed by atoms with Gasteiger partial charge in [-0.15, -0.1) is 0 Å². The van der Waals surface area contributed by atoms with Gasteiger partial charge in [-0.25, -0.2) is 0 Å². The maximum Gasteiger partial charge on any atom is 0.240 e. The van der Waals surface area contributed by atoms with E-state index in [-0.39, 0.29) is 5.91 Å². The first-order valence-corrected chi connectivity index (χ1v) is 10.3. The summed E-state index contributed by atoms with van der Waals surface area (Å²) in [5.41, 5.74) is 8.32. The lowest BCUT2D eigenvalue weighted by molar-refractivity contribution is -0.129. The lowest BCUT2D eigenvalue weighted by Gasteiger charge is -2.31. The fourth-order valence-electron chi connectivity index (χ4n) is 4.02. The van der Waals surface area contributed by atoms with Gasteiger partial charge in [0.15, 0.2) is 0 Å². The molecule has 4 rings (SSSR count). The first-order chi connectivity index (χ1) is 15.0. The lowest BCUT2D eigenvalue weighted by atomic mass is 9.75. The highest BCUT2D eigenvalue weighted by atomic mass is 16.2. The number of primary amides is 1. The zero-order valence-electron chi connectivity index (χ0n) is 17.3. The molecule has 0 saturated carbocycles. The summed E-state index contributed by atoms with van der Waals surface area (Å²) in [5.74, 6) is -0.837. The Hall–Kier alpha value is -3.86. The molecule has 0 bridgehead atoms. The molecule has 4 N–H and O–H groups in total. The molecule has 0 aliphatic carbocycles. The number of H-pyrrole nitrogens is 1. The highest BCUT2D eigenvalue weighted by Gasteiger charge is 2.38. The predicted molar refractivity (Wildman–Crippen MR) is 122 cm³/mol. The number of nitrogens with one attached hydrogen (secondary N) is 2. The third kappa shape index (κ3) is 3.94. The van der Waals surface area contributed by atoms with Gasteiger partial charge in [0.25, 0.3) is 0 Å². The van der Waals surface area contributed by atoms with Gasteiger partial charge in [-0.2, -0.15) is 0 Å². The smallest absolute Gasteiger partial charge is 0.240 e. The van der Waals surface area contributed by atoms with Gasteiger partial charge in [0, 0.05) is 23.5 Å². The number of amides is 2. The SMILES string of the molecule is CC(C(=O)N[C@H](Cc1c[nH]c2ccccc12)C(N)=O)(c1ccccc1)c1ccccc1. The molecule has 0 unspecified atom stereocenters. The molecule has 4 aromatic rings. The van der Waals surface area contributed by atoms with Crippen LogP contribution in [0.2, 0.25) is 0 Å². The monoisotopic (exact) mass is 411 g/mol. The van der Waals surface area contributed by atoms with Crippen molar-refractivity contribution in [1.82, 2.24) is 10.3 Å². The molecule has 0 saturated heterocycles. The normalized spacial score (nSPS) is 12.4. The van der Waals surface area contributed by atoms with Gasteiger partial charge >= 0.3 is 0 Å². The van der Waals surface area contributed by atoms with Crippen molar-refractivity contribution in [3.05, 3.63) is 108 Å². The number of aromatic nitrogens is 1. The summed E-state index contributed by atoms with van der Waals surface area (Å²) < 4.78 is 0. The van der Waals surface area contributed by atoms with Crippen LogP contribution in [0.4, 0.5) is 0 Å². The topological polar surface area (TPSA) is 88.0 Å². The minimum Gasteiger partial charge on any atom is -0.368 e. The van der Waals surface area contributed by atoms with E-state index in [1.54, 1.807) is 0 Å². The molecule has 1 atom stereocenters. The van der Waals surface area contributed by atoms with E-state index in [2.05, 4.69) is 10.3 Å². The molecule has 156 valence electrons. The highest BCUT2D eigenvalue weighted by Crippen LogP contribution is 2.32. The Morgan fingerprint density at radius 2 is 1.45 bits per heavy atom. The number of hydrogen-bond acceptors (Lipinski definition) is 2. The summed E-state index contributed by atoms with van der Waals surface area (Å²) in [5, 5.41) is 3.94. The van der Waals surface area contributed by atoms with Crippen molar-refractivity contribution in [2.45, 2.75) is 24.8 Å². The standard InChI is InChI=1S/C26H25N3O2/c1-26(19-10-4-2-5-11-19,20-12-6-3-7-13-20)25(31)29-23(24(27)30)16-18-17-28-22-15-9-8-14-21(18)22/h2-15,17,23,28H,16H2,1H3,(H2,27,30)(H,29,31)/t23-/m1/s1. The van der Waals surface area contributed by atoms with Crippen LogP contribution in [0.3, 0.4) is 0 Å². The van der Waals surface area contributed by atoms with E-state index in [9.17, 15) is 9.59 Å². The van der Waals surface area contributed by atoms with Gasteiger partial charge < -0.3 is 16.0 Å². The Labute approximate surface area is 181 Å². The van der Waals surface area contributed by atoms with Crippen molar-refractivity contribution in [1.29, 1.82) is 0 Å². The quantitative estimate of drug-likeness (QED) is 0.433. The second-order valence-electron chi connectivity index (χ2n) is 7.85. The minimum atomic E-state index is -0.976. The average Bonchev–Trinajstić information content (AvgIpc) is 3.22. The van der Waals surface area contributed by atoms with Crippen LogP contribution < -0.4 is 11.1 Å². The van der Waals surface area contributed by atoms with Crippen LogP contribution in [-0.4, -0.2) is 22.8 Å². The number of para-hydroxylation sites is 1. The molecule has 0 aliphatic heterocycles. The summed E-state index contributed by atoms with van der Waals surface area (Å²) >= 11 is 0. The van der Waals surface area contributed by atoms with Crippen molar-refractivity contribution in [2.75, 3.05) is 0 Å². The number of fused-ring (bicyclic) bond motifs is 1. The zero-order chi connectivity index (χ0) is 21.8. The first kappa shape index (κ1) is 20.4. The number of benzene rings is 3. The summed E-state index contributed by atoms with van der Waals surface area (Å²) in [4.78, 5) is 29.1. The highest BCUT2D eigenvalue weighted by molar-refractivity contribution is 5.95. The van der Waals surface area contributed by atoms with Crippen molar-refractivity contribution in [3.63, 3.8) is 0 Å². The molecular formula is C26H25N3O2.